The number of aliphatic hydroxyl groups excluding tert-OH is 2. The maximum Gasteiger partial charge on any atom is 0.481 e. The number of thioether (sulfide) groups is 1. The first-order chi connectivity index (χ1) is 31.2. The summed E-state index contributed by atoms with van der Waals surface area (Å²) in [7, 11) is -16.4. The monoisotopic (exact) mass is 1020 g/mol. The van der Waals surface area contributed by atoms with Gasteiger partial charge in [0, 0.05) is 30.7 Å². The Bertz CT molecular complexity index is 1960. The van der Waals surface area contributed by atoms with E-state index in [0.717, 1.165) is 41.6 Å². The summed E-state index contributed by atoms with van der Waals surface area (Å²) in [6.45, 7) is 3.21. The number of hydrogen-bond acceptors (Lipinski definition) is 17. The number of ether oxygens (including phenoxy) is 1. The number of carbonyl (C=O) groups excluding carboxylic acids is 2. The Labute approximate surface area is 390 Å². The van der Waals surface area contributed by atoms with Gasteiger partial charge in [-0.15, -0.1) is 0 Å². The van der Waals surface area contributed by atoms with Crippen molar-refractivity contribution in [3.8, 4) is 0 Å². The maximum atomic E-state index is 12.7. The smallest absolute Gasteiger partial charge is 0.386 e. The van der Waals surface area contributed by atoms with E-state index in [9.17, 15) is 53.1 Å². The molecule has 0 aliphatic carbocycles. The highest BCUT2D eigenvalue weighted by Crippen LogP contribution is 2.61. The van der Waals surface area contributed by atoms with E-state index in [0.29, 0.717) is 6.54 Å². The molecule has 2 aromatic heterocycles. The van der Waals surface area contributed by atoms with Crippen LogP contribution in [-0.2, 0) is 45.9 Å². The van der Waals surface area contributed by atoms with E-state index in [2.05, 4.69) is 53.5 Å². The number of hydrogen-bond donors (Lipinski definition) is 9. The Morgan fingerprint density at radius 2 is 1.52 bits per heavy atom. The molecule has 2 amide bonds. The van der Waals surface area contributed by atoms with Crippen molar-refractivity contribution in [1.29, 1.82) is 0 Å². The van der Waals surface area contributed by atoms with Gasteiger partial charge in [-0.25, -0.2) is 28.6 Å². The predicted octanol–water partition coefficient (Wildman–Crippen LogP) is 5.18. The zero-order valence-corrected chi connectivity index (χ0v) is 41.4. The molecule has 378 valence electrons. The topological polar surface area (TPSA) is 347 Å². The third-order valence-corrected chi connectivity index (χ3v) is 14.6. The molecular weight excluding hydrogens is 947 g/mol. The predicted molar refractivity (Wildman–Crippen MR) is 246 cm³/mol. The fourth-order valence-corrected chi connectivity index (χ4v) is 10.4. The summed E-state index contributed by atoms with van der Waals surface area (Å²) in [5.74, 6) is 0.509. The molecule has 66 heavy (non-hydrogen) atoms. The van der Waals surface area contributed by atoms with E-state index in [1.54, 1.807) is 11.8 Å². The molecule has 0 radical (unpaired) electrons. The van der Waals surface area contributed by atoms with Gasteiger partial charge in [0.2, 0.25) is 11.8 Å². The zero-order chi connectivity index (χ0) is 48.8. The first kappa shape index (κ1) is 57.9. The Kier molecular flexibility index (Phi) is 25.4. The van der Waals surface area contributed by atoms with Gasteiger partial charge in [0.05, 0.1) is 19.5 Å². The summed E-state index contributed by atoms with van der Waals surface area (Å²) in [5, 5.41) is 26.8. The van der Waals surface area contributed by atoms with Crippen molar-refractivity contribution in [3.05, 3.63) is 24.8 Å². The first-order valence-corrected chi connectivity index (χ1v) is 28.0. The number of nitrogens with one attached hydrogen (secondary N) is 2. The van der Waals surface area contributed by atoms with Crippen LogP contribution in [0.15, 0.2) is 24.8 Å². The van der Waals surface area contributed by atoms with E-state index >= 15 is 0 Å². The van der Waals surface area contributed by atoms with Crippen LogP contribution in [0.2, 0.25) is 0 Å². The standard InChI is InChI=1S/C39H70N7O16P3S/c1-4-5-6-7-8-9-10-11-12-13-14-15-16-17-18-19-23-66-24-22-41-30(47)20-21-42-37(50)34(49)39(2,3)26-59-65(56,57)62-64(54,55)58-25-29-33(61-63(51,52)53)32(48)38(60-29)46-28-45-31-35(40)43-27-44-36(31)46/h11-12,27-29,32-34,38,48-49H,4-10,13-26H2,1-3H3,(H,41,47)(H,42,50)(H,54,55)(H,56,57)(H2,40,43,44)(H2,51,52,53)/b12-11-/t29-,32-,33-,34+,38-/m1/s1. The molecule has 1 aliphatic rings. The van der Waals surface area contributed by atoms with E-state index in [1.807, 2.05) is 0 Å². The number of imidazole rings is 1. The lowest BCUT2D eigenvalue weighted by molar-refractivity contribution is -0.137. The molecule has 2 aromatic rings. The molecule has 1 fully saturated rings. The number of aliphatic hydroxyl groups is 2. The van der Waals surface area contributed by atoms with Gasteiger partial charge in [0.15, 0.2) is 17.7 Å². The number of carbonyl (C=O) groups is 2. The van der Waals surface area contributed by atoms with Crippen LogP contribution in [0, 0.1) is 5.41 Å². The highest BCUT2D eigenvalue weighted by molar-refractivity contribution is 7.99. The van der Waals surface area contributed by atoms with E-state index < -0.39 is 78.6 Å². The average molecular weight is 1020 g/mol. The minimum Gasteiger partial charge on any atom is -0.386 e. The van der Waals surface area contributed by atoms with Crippen LogP contribution in [-0.4, -0.2) is 123 Å². The maximum absolute atomic E-state index is 12.7. The van der Waals surface area contributed by atoms with Crippen molar-refractivity contribution in [2.75, 3.05) is 43.5 Å². The number of aromatic nitrogens is 4. The average Bonchev–Trinajstić information content (AvgIpc) is 3.81. The molecule has 0 saturated carbocycles. The van der Waals surface area contributed by atoms with Crippen LogP contribution >= 0.6 is 35.2 Å². The van der Waals surface area contributed by atoms with Gasteiger partial charge in [-0.3, -0.25) is 27.7 Å². The SMILES string of the molecule is CCCCCCCC/C=C\CCCCCCCCSCCNC(=O)CCNC(=O)[C@H](O)C(C)(C)COP(=O)(O)OP(=O)(O)OC[C@H]1O[C@@H](n2cnc3c(N)ncnc32)[C@H](O)[C@@H]1OP(=O)(O)O. The number of nitrogen functional groups attached to an aromatic ring is 1. The number of nitrogens with two attached hydrogens (primary N) is 1. The molecule has 7 atom stereocenters. The van der Waals surface area contributed by atoms with Crippen LogP contribution in [0.25, 0.3) is 11.2 Å². The van der Waals surface area contributed by atoms with Crippen LogP contribution in [0.3, 0.4) is 0 Å². The minimum atomic E-state index is -5.56. The molecule has 1 aliphatic heterocycles. The number of phosphoric ester groups is 3. The van der Waals surface area contributed by atoms with Gasteiger partial charge in [-0.2, -0.15) is 16.1 Å². The summed E-state index contributed by atoms with van der Waals surface area (Å²) < 4.78 is 62.5. The van der Waals surface area contributed by atoms with Gasteiger partial charge >= 0.3 is 23.5 Å². The van der Waals surface area contributed by atoms with Gasteiger partial charge in [0.1, 0.15) is 36.3 Å². The van der Waals surface area contributed by atoms with Crippen molar-refractivity contribution in [2.24, 2.45) is 5.41 Å². The molecule has 23 nitrogen and oxygen atoms in total. The van der Waals surface area contributed by atoms with Crippen LogP contribution < -0.4 is 16.4 Å². The lowest BCUT2D eigenvalue weighted by Gasteiger charge is -2.30. The summed E-state index contributed by atoms with van der Waals surface area (Å²) in [6, 6.07) is 0. The van der Waals surface area contributed by atoms with E-state index in [-0.39, 0.29) is 35.9 Å². The van der Waals surface area contributed by atoms with Gasteiger partial charge in [0.25, 0.3) is 0 Å². The molecule has 0 spiro atoms. The second-order valence-corrected chi connectivity index (χ2v) is 22.1. The van der Waals surface area contributed by atoms with E-state index in [1.165, 1.54) is 90.9 Å². The zero-order valence-electron chi connectivity index (χ0n) is 37.9. The fraction of sp³-hybridized carbons (Fsp3) is 0.769. The highest BCUT2D eigenvalue weighted by Gasteiger charge is 2.50. The molecule has 2 unspecified atom stereocenters. The molecule has 3 rings (SSSR count). The molecule has 0 bridgehead atoms. The molecule has 0 aromatic carbocycles. The van der Waals surface area contributed by atoms with Gasteiger partial charge in [-0.05, 0) is 37.9 Å². The molecule has 1 saturated heterocycles. The van der Waals surface area contributed by atoms with Crippen molar-refractivity contribution in [1.82, 2.24) is 30.2 Å². The van der Waals surface area contributed by atoms with Crippen LogP contribution in [0.5, 0.6) is 0 Å². The minimum absolute atomic E-state index is 0.0324. The van der Waals surface area contributed by atoms with Crippen molar-refractivity contribution < 1.29 is 75.7 Å². The second kappa shape index (κ2) is 29.0. The number of rotatable bonds is 35. The van der Waals surface area contributed by atoms with E-state index in [4.69, 9.17) is 19.5 Å². The highest BCUT2D eigenvalue weighted by atomic mass is 32.2. The number of fused-ring (bicyclic) bond motifs is 1. The number of phosphoric acid groups is 3. The number of amides is 2. The normalized spacial score (nSPS) is 20.4. The van der Waals surface area contributed by atoms with Crippen molar-refractivity contribution in [2.45, 2.75) is 148 Å². The third-order valence-electron chi connectivity index (χ3n) is 10.4. The quantitative estimate of drug-likeness (QED) is 0.0244. The van der Waals surface area contributed by atoms with Gasteiger partial charge < -0.3 is 50.9 Å². The summed E-state index contributed by atoms with van der Waals surface area (Å²) in [5.41, 5.74) is 4.34. The Balaban J connectivity index is 1.29. The molecule has 10 N–H and O–H groups in total. The summed E-state index contributed by atoms with van der Waals surface area (Å²) in [6.07, 6.45) is 15.6. The van der Waals surface area contributed by atoms with Crippen LogP contribution in [0.4, 0.5) is 5.82 Å². The Morgan fingerprint density at radius 3 is 2.17 bits per heavy atom. The lowest BCUT2D eigenvalue weighted by Crippen LogP contribution is -2.46. The Hall–Kier alpha value is -2.37. The molecule has 3 heterocycles. The first-order valence-electron chi connectivity index (χ1n) is 22.3. The van der Waals surface area contributed by atoms with Crippen molar-refractivity contribution >= 4 is 64.0 Å². The molecular formula is C39H70N7O16P3S. The van der Waals surface area contributed by atoms with Gasteiger partial charge in [-0.1, -0.05) is 90.7 Å². The molecule has 27 heteroatoms. The number of nitrogens with zero attached hydrogens (tertiary/aromatic N) is 4. The number of anilines is 1. The van der Waals surface area contributed by atoms with Crippen LogP contribution in [0.1, 0.15) is 123 Å². The fourth-order valence-electron chi connectivity index (χ4n) is 6.76. The summed E-state index contributed by atoms with van der Waals surface area (Å²) in [4.78, 5) is 76.1. The number of allylic oxidation sites excluding steroid dienone is 2. The third kappa shape index (κ3) is 21.5. The largest absolute Gasteiger partial charge is 0.481 e. The second-order valence-electron chi connectivity index (χ2n) is 16.6. The van der Waals surface area contributed by atoms with Crippen molar-refractivity contribution in [3.63, 3.8) is 0 Å². The number of unbranched alkanes of at least 4 members (excludes halogenated alkanes) is 12. The lowest BCUT2D eigenvalue weighted by atomic mass is 9.87. The Morgan fingerprint density at radius 1 is 0.894 bits per heavy atom. The summed E-state index contributed by atoms with van der Waals surface area (Å²) >= 11 is 1.76.